The van der Waals surface area contributed by atoms with Gasteiger partial charge >= 0.3 is 5.97 Å². The van der Waals surface area contributed by atoms with E-state index in [2.05, 4.69) is 135 Å². The summed E-state index contributed by atoms with van der Waals surface area (Å²) in [4.78, 5) is 13.9. The number of hydrogen-bond acceptors (Lipinski definition) is 2. The first kappa shape index (κ1) is 30.5. The number of para-hydroxylation sites is 1. The van der Waals surface area contributed by atoms with E-state index in [0.717, 1.165) is 17.3 Å². The number of esters is 1. The average molecular weight is 579 g/mol. The summed E-state index contributed by atoms with van der Waals surface area (Å²) >= 11 is 0. The van der Waals surface area contributed by atoms with E-state index in [1.54, 1.807) is 0 Å². The molecule has 3 aliphatic rings. The van der Waals surface area contributed by atoms with Crippen molar-refractivity contribution in [3.05, 3.63) is 107 Å². The molecule has 3 atom stereocenters. The molecule has 0 fully saturated rings. The molecule has 3 aliphatic carbocycles. The molecule has 0 radical (unpaired) electrons. The van der Waals surface area contributed by atoms with Gasteiger partial charge in [0.1, 0.15) is 5.75 Å². The Bertz CT molecular complexity index is 1440. The molecule has 0 spiro atoms. The lowest BCUT2D eigenvalue weighted by Gasteiger charge is -2.41. The van der Waals surface area contributed by atoms with Crippen molar-refractivity contribution in [2.75, 3.05) is 0 Å². The third-order valence-corrected chi connectivity index (χ3v) is 11.6. The molecule has 3 aromatic rings. The molecule has 3 heteroatoms. The highest BCUT2D eigenvalue weighted by atomic mass is 31.1. The van der Waals surface area contributed by atoms with E-state index in [9.17, 15) is 4.79 Å². The van der Waals surface area contributed by atoms with Crippen LogP contribution in [0.1, 0.15) is 79.9 Å². The van der Waals surface area contributed by atoms with Crippen molar-refractivity contribution in [3.8, 4) is 5.75 Å². The number of ether oxygens (including phenoxy) is 1. The maximum atomic E-state index is 13.9. The average Bonchev–Trinajstić information content (AvgIpc) is 2.93. The predicted octanol–water partition coefficient (Wildman–Crippen LogP) is 8.74. The minimum absolute atomic E-state index is 0.0802. The minimum atomic E-state index is -0.952. The second-order valence-electron chi connectivity index (χ2n) is 14.6. The molecule has 220 valence electrons. The van der Waals surface area contributed by atoms with Crippen molar-refractivity contribution < 1.29 is 9.53 Å². The zero-order valence-electron chi connectivity index (χ0n) is 26.9. The highest BCUT2D eigenvalue weighted by molar-refractivity contribution is 7.80. The van der Waals surface area contributed by atoms with Gasteiger partial charge in [-0.15, -0.1) is 0 Å². The van der Waals surface area contributed by atoms with Crippen LogP contribution in [0.5, 0.6) is 5.75 Å². The molecule has 0 unspecified atom stereocenters. The van der Waals surface area contributed by atoms with E-state index in [1.807, 2.05) is 12.1 Å². The van der Waals surface area contributed by atoms with Crippen molar-refractivity contribution in [1.29, 1.82) is 0 Å². The van der Waals surface area contributed by atoms with Crippen LogP contribution in [-0.4, -0.2) is 5.97 Å². The summed E-state index contributed by atoms with van der Waals surface area (Å²) in [5, 5.41) is 3.57. The lowest BCUT2D eigenvalue weighted by molar-refractivity contribution is -0.131. The SMILES string of the molecule is CC1=C[C@@H]2C(C(=O)Oc3ccccc3P(c3ccc(C(C)(C)C)cc3)c3ccc(C(C)(C)C)cc3)=C[C@H]1C[C@@H]2C(C)C. The molecule has 0 saturated heterocycles. The van der Waals surface area contributed by atoms with Crippen LogP contribution >= 0.6 is 7.92 Å². The predicted molar refractivity (Wildman–Crippen MR) is 180 cm³/mol. The molecule has 0 aliphatic heterocycles. The molecule has 0 heterocycles. The van der Waals surface area contributed by atoms with E-state index in [4.69, 9.17) is 4.74 Å². The lowest BCUT2D eigenvalue weighted by atomic mass is 9.63. The fraction of sp³-hybridized carbons (Fsp3) is 0.410. The maximum absolute atomic E-state index is 13.9. The third-order valence-electron chi connectivity index (χ3n) is 9.14. The smallest absolute Gasteiger partial charge is 0.339 e. The van der Waals surface area contributed by atoms with Crippen molar-refractivity contribution in [1.82, 2.24) is 0 Å². The third kappa shape index (κ3) is 6.21. The van der Waals surface area contributed by atoms with E-state index >= 15 is 0 Å². The molecule has 0 amide bonds. The van der Waals surface area contributed by atoms with Gasteiger partial charge in [-0.2, -0.15) is 0 Å². The fourth-order valence-corrected chi connectivity index (χ4v) is 8.75. The van der Waals surface area contributed by atoms with Gasteiger partial charge in [0.15, 0.2) is 0 Å². The van der Waals surface area contributed by atoms with Crippen LogP contribution in [0, 0.1) is 23.7 Å². The van der Waals surface area contributed by atoms with E-state index in [0.29, 0.717) is 23.5 Å². The number of hydrogen-bond donors (Lipinski definition) is 0. The second kappa shape index (κ2) is 11.6. The van der Waals surface area contributed by atoms with Crippen molar-refractivity contribution >= 4 is 29.8 Å². The molecule has 0 aromatic heterocycles. The Hall–Kier alpha value is -2.96. The molecule has 2 bridgehead atoms. The standard InChI is InChI=1S/C39H47O2P/c1-25(2)32-23-27-24-34(33(32)22-26(27)3)37(40)41-35-12-10-11-13-36(35)42(30-18-14-28(15-19-30)38(4,5)6)31-20-16-29(17-21-31)39(7,8)9/h10-22,24-25,27,32-33H,23H2,1-9H3/t27-,32-,33+/m1/s1. The van der Waals surface area contributed by atoms with Gasteiger partial charge < -0.3 is 4.74 Å². The molecule has 0 N–H and O–H groups in total. The van der Waals surface area contributed by atoms with Crippen molar-refractivity contribution in [3.63, 3.8) is 0 Å². The number of fused-ring (bicyclic) bond motifs is 1. The van der Waals surface area contributed by atoms with Gasteiger partial charge in [0, 0.05) is 16.8 Å². The van der Waals surface area contributed by atoms with Crippen LogP contribution in [0.15, 0.2) is 96.1 Å². The summed E-state index contributed by atoms with van der Waals surface area (Å²) in [6.45, 7) is 20.2. The summed E-state index contributed by atoms with van der Waals surface area (Å²) in [6.07, 6.45) is 5.63. The lowest BCUT2D eigenvalue weighted by Crippen LogP contribution is -2.36. The molecular formula is C39H47O2P. The van der Waals surface area contributed by atoms with Crippen molar-refractivity contribution in [2.24, 2.45) is 23.7 Å². The van der Waals surface area contributed by atoms with Crippen LogP contribution in [0.4, 0.5) is 0 Å². The summed E-state index contributed by atoms with van der Waals surface area (Å²) < 4.78 is 6.36. The van der Waals surface area contributed by atoms with Crippen molar-refractivity contribution in [2.45, 2.75) is 79.6 Å². The minimum Gasteiger partial charge on any atom is -0.422 e. The number of carbonyl (C=O) groups excluding carboxylic acids is 1. The zero-order valence-corrected chi connectivity index (χ0v) is 27.8. The molecular weight excluding hydrogens is 531 g/mol. The van der Waals surface area contributed by atoms with Gasteiger partial charge in [0.25, 0.3) is 0 Å². The highest BCUT2D eigenvalue weighted by Crippen LogP contribution is 2.47. The molecule has 0 saturated carbocycles. The topological polar surface area (TPSA) is 26.3 Å². The largest absolute Gasteiger partial charge is 0.422 e. The number of benzene rings is 3. The maximum Gasteiger partial charge on any atom is 0.339 e. The quantitative estimate of drug-likeness (QED) is 0.127. The van der Waals surface area contributed by atoms with Gasteiger partial charge in [-0.3, -0.25) is 0 Å². The fourth-order valence-electron chi connectivity index (χ4n) is 6.43. The Morgan fingerprint density at radius 1 is 0.786 bits per heavy atom. The normalized spacial score (nSPS) is 20.5. The number of rotatable bonds is 6. The van der Waals surface area contributed by atoms with E-state index in [1.165, 1.54) is 27.3 Å². The summed E-state index contributed by atoms with van der Waals surface area (Å²) in [5.41, 5.74) is 5.00. The molecule has 3 aromatic carbocycles. The van der Waals surface area contributed by atoms with Crippen LogP contribution in [-0.2, 0) is 15.6 Å². The van der Waals surface area contributed by atoms with Gasteiger partial charge in [-0.1, -0.05) is 140 Å². The Labute approximate surface area is 255 Å². The first-order chi connectivity index (χ1) is 19.7. The Morgan fingerprint density at radius 2 is 1.31 bits per heavy atom. The summed E-state index contributed by atoms with van der Waals surface area (Å²) in [6, 6.07) is 26.3. The Kier molecular flexibility index (Phi) is 8.43. The van der Waals surface area contributed by atoms with Gasteiger partial charge in [-0.25, -0.2) is 4.79 Å². The Balaban J connectivity index is 1.54. The summed E-state index contributed by atoms with van der Waals surface area (Å²) in [7, 11) is -0.952. The first-order valence-electron chi connectivity index (χ1n) is 15.5. The zero-order chi connectivity index (χ0) is 30.4. The number of allylic oxidation sites excluding steroid dienone is 3. The van der Waals surface area contributed by atoms with E-state index < -0.39 is 7.92 Å². The van der Waals surface area contributed by atoms with Crippen LogP contribution in [0.25, 0.3) is 0 Å². The molecule has 42 heavy (non-hydrogen) atoms. The van der Waals surface area contributed by atoms with Gasteiger partial charge in [0.2, 0.25) is 0 Å². The first-order valence-corrected chi connectivity index (χ1v) is 16.8. The van der Waals surface area contributed by atoms with Crippen LogP contribution in [0.2, 0.25) is 0 Å². The number of carbonyl (C=O) groups is 1. The van der Waals surface area contributed by atoms with Gasteiger partial charge in [-0.05, 0) is 77.7 Å². The van der Waals surface area contributed by atoms with E-state index in [-0.39, 0.29) is 22.7 Å². The van der Waals surface area contributed by atoms with Gasteiger partial charge in [0.05, 0.1) is 0 Å². The Morgan fingerprint density at radius 3 is 1.79 bits per heavy atom. The highest BCUT2D eigenvalue weighted by Gasteiger charge is 2.40. The molecule has 2 nitrogen and oxygen atoms in total. The second-order valence-corrected chi connectivity index (χ2v) is 16.8. The monoisotopic (exact) mass is 578 g/mol. The van der Waals surface area contributed by atoms with Crippen LogP contribution in [0.3, 0.4) is 0 Å². The summed E-state index contributed by atoms with van der Waals surface area (Å²) in [5.74, 6) is 1.92. The molecule has 6 rings (SSSR count). The van der Waals surface area contributed by atoms with Crippen LogP contribution < -0.4 is 20.7 Å².